The molecule has 29 heavy (non-hydrogen) atoms. The summed E-state index contributed by atoms with van der Waals surface area (Å²) in [4.78, 5) is 0. The summed E-state index contributed by atoms with van der Waals surface area (Å²) in [6.07, 6.45) is 8.21. The maximum absolute atomic E-state index is 11.9. The molecule has 4 fully saturated rings. The van der Waals surface area contributed by atoms with Gasteiger partial charge in [-0.25, -0.2) is 0 Å². The zero-order valence-electron chi connectivity index (χ0n) is 17.9. The van der Waals surface area contributed by atoms with Crippen LogP contribution in [0, 0.1) is 29.1 Å². The van der Waals surface area contributed by atoms with Crippen molar-refractivity contribution in [3.8, 4) is 11.8 Å². The van der Waals surface area contributed by atoms with Crippen molar-refractivity contribution in [2.45, 2.75) is 87.8 Å². The summed E-state index contributed by atoms with van der Waals surface area (Å²) in [6, 6.07) is 0. The van der Waals surface area contributed by atoms with Gasteiger partial charge in [-0.3, -0.25) is 0 Å². The summed E-state index contributed by atoms with van der Waals surface area (Å²) >= 11 is 0. The summed E-state index contributed by atoms with van der Waals surface area (Å²) in [5.41, 5.74) is -1.60. The monoisotopic (exact) mass is 402 g/mol. The van der Waals surface area contributed by atoms with Crippen LogP contribution in [0.15, 0.2) is 11.6 Å². The Kier molecular flexibility index (Phi) is 4.36. The quantitative estimate of drug-likeness (QED) is 0.521. The standard InChI is InChI=1S/C24H34O5/c1-4-8-21(25)11-7-18-17-5-10-22(26)16-23(28-14-15-29-23)12-13-24(22,27-3)19(17)6-9-20(18,21)2/h6,17-18,25-26H,5,7,9-16H2,1-3H3/t17-,18+,20+,21+,22-,24+/m1/s1. The van der Waals surface area contributed by atoms with Crippen LogP contribution in [0.25, 0.3) is 0 Å². The van der Waals surface area contributed by atoms with E-state index in [0.29, 0.717) is 44.3 Å². The summed E-state index contributed by atoms with van der Waals surface area (Å²) in [6.45, 7) is 5.21. The molecule has 5 nitrogen and oxygen atoms in total. The second-order valence-electron chi connectivity index (χ2n) is 10.2. The molecule has 1 heterocycles. The molecule has 0 aromatic heterocycles. The van der Waals surface area contributed by atoms with E-state index in [4.69, 9.17) is 14.2 Å². The largest absolute Gasteiger partial charge is 0.386 e. The van der Waals surface area contributed by atoms with Gasteiger partial charge < -0.3 is 24.4 Å². The molecule has 2 N–H and O–H groups in total. The van der Waals surface area contributed by atoms with Crippen LogP contribution in [-0.4, -0.2) is 53.1 Å². The molecule has 0 radical (unpaired) electrons. The lowest BCUT2D eigenvalue weighted by Crippen LogP contribution is -2.68. The van der Waals surface area contributed by atoms with Crippen LogP contribution < -0.4 is 0 Å². The zero-order valence-corrected chi connectivity index (χ0v) is 17.9. The third-order valence-corrected chi connectivity index (χ3v) is 9.21. The highest BCUT2D eigenvalue weighted by atomic mass is 16.7. The van der Waals surface area contributed by atoms with Crippen molar-refractivity contribution in [3.05, 3.63) is 11.6 Å². The van der Waals surface area contributed by atoms with Gasteiger partial charge in [0, 0.05) is 25.4 Å². The van der Waals surface area contributed by atoms with Crippen LogP contribution in [-0.2, 0) is 14.2 Å². The van der Waals surface area contributed by atoms with Gasteiger partial charge in [0.1, 0.15) is 16.8 Å². The van der Waals surface area contributed by atoms with E-state index in [1.54, 1.807) is 7.11 Å². The fraction of sp³-hybridized carbons (Fsp3) is 0.833. The number of hydrogen-bond donors (Lipinski definition) is 2. The maximum atomic E-state index is 11.9. The van der Waals surface area contributed by atoms with Gasteiger partial charge in [0.15, 0.2) is 5.79 Å². The SMILES string of the molecule is CC#C[C@]1(O)CC[C@H]2[C@H]3CC[C@@]4(O)CC5(CC[C@]4(OC)C3=CC[C@@]21C)OCCO5. The van der Waals surface area contributed by atoms with Crippen molar-refractivity contribution in [1.29, 1.82) is 0 Å². The lowest BCUT2D eigenvalue weighted by Gasteiger charge is -2.61. The van der Waals surface area contributed by atoms with Gasteiger partial charge in [0.25, 0.3) is 0 Å². The topological polar surface area (TPSA) is 68.2 Å². The van der Waals surface area contributed by atoms with E-state index >= 15 is 0 Å². The summed E-state index contributed by atoms with van der Waals surface area (Å²) < 4.78 is 18.1. The number of allylic oxidation sites excluding steroid dienone is 1. The van der Waals surface area contributed by atoms with Crippen molar-refractivity contribution in [1.82, 2.24) is 0 Å². The molecule has 5 heteroatoms. The Labute approximate surface area is 173 Å². The van der Waals surface area contributed by atoms with E-state index in [0.717, 1.165) is 32.1 Å². The van der Waals surface area contributed by atoms with E-state index in [1.165, 1.54) is 5.57 Å². The Morgan fingerprint density at radius 1 is 1.10 bits per heavy atom. The first-order chi connectivity index (χ1) is 13.8. The van der Waals surface area contributed by atoms with Crippen molar-refractivity contribution < 1.29 is 24.4 Å². The van der Waals surface area contributed by atoms with Crippen LogP contribution in [0.1, 0.15) is 65.2 Å². The second kappa shape index (κ2) is 6.31. The molecule has 0 aromatic rings. The Hall–Kier alpha value is -0.900. The van der Waals surface area contributed by atoms with Crippen molar-refractivity contribution >= 4 is 0 Å². The average Bonchev–Trinajstić information content (AvgIpc) is 3.24. The number of rotatable bonds is 1. The Morgan fingerprint density at radius 2 is 1.86 bits per heavy atom. The molecule has 6 atom stereocenters. The fourth-order valence-electron chi connectivity index (χ4n) is 7.69. The van der Waals surface area contributed by atoms with Gasteiger partial charge in [0.05, 0.1) is 13.2 Å². The molecule has 5 rings (SSSR count). The third-order valence-electron chi connectivity index (χ3n) is 9.21. The molecule has 0 aromatic carbocycles. The van der Waals surface area contributed by atoms with Gasteiger partial charge in [-0.1, -0.05) is 18.9 Å². The van der Waals surface area contributed by atoms with Gasteiger partial charge in [-0.2, -0.15) is 0 Å². The van der Waals surface area contributed by atoms with Crippen LogP contribution in [0.5, 0.6) is 0 Å². The predicted molar refractivity (Wildman–Crippen MR) is 108 cm³/mol. The highest BCUT2D eigenvalue weighted by Crippen LogP contribution is 2.66. The lowest BCUT2D eigenvalue weighted by molar-refractivity contribution is -0.281. The van der Waals surface area contributed by atoms with Gasteiger partial charge in [-0.05, 0) is 62.9 Å². The molecule has 1 spiro atoms. The molecule has 1 saturated heterocycles. The van der Waals surface area contributed by atoms with Gasteiger partial charge in [0.2, 0.25) is 0 Å². The van der Waals surface area contributed by atoms with Crippen LogP contribution >= 0.6 is 0 Å². The molecular weight excluding hydrogens is 368 g/mol. The Balaban J connectivity index is 1.54. The van der Waals surface area contributed by atoms with Crippen molar-refractivity contribution in [2.24, 2.45) is 17.3 Å². The van der Waals surface area contributed by atoms with Crippen LogP contribution in [0.4, 0.5) is 0 Å². The lowest BCUT2D eigenvalue weighted by atomic mass is 9.50. The first kappa shape index (κ1) is 20.0. The summed E-state index contributed by atoms with van der Waals surface area (Å²) in [7, 11) is 1.74. The van der Waals surface area contributed by atoms with E-state index in [9.17, 15) is 10.2 Å². The molecule has 5 aliphatic rings. The van der Waals surface area contributed by atoms with Crippen molar-refractivity contribution in [2.75, 3.05) is 20.3 Å². The minimum absolute atomic E-state index is 0.248. The Bertz CT molecular complexity index is 789. The predicted octanol–water partition coefficient (Wildman–Crippen LogP) is 2.94. The second-order valence-corrected chi connectivity index (χ2v) is 10.2. The minimum Gasteiger partial charge on any atom is -0.386 e. The van der Waals surface area contributed by atoms with Gasteiger partial charge in [-0.15, -0.1) is 5.92 Å². The highest BCUT2D eigenvalue weighted by Gasteiger charge is 2.68. The molecule has 160 valence electrons. The highest BCUT2D eigenvalue weighted by molar-refractivity contribution is 5.38. The molecule has 1 aliphatic heterocycles. The minimum atomic E-state index is -0.988. The van der Waals surface area contributed by atoms with E-state index in [2.05, 4.69) is 24.8 Å². The van der Waals surface area contributed by atoms with E-state index in [-0.39, 0.29) is 5.41 Å². The van der Waals surface area contributed by atoms with Crippen LogP contribution in [0.2, 0.25) is 0 Å². The molecular formula is C24H34O5. The first-order valence-corrected chi connectivity index (χ1v) is 11.2. The first-order valence-electron chi connectivity index (χ1n) is 11.2. The number of fused-ring (bicyclic) bond motifs is 5. The maximum Gasteiger partial charge on any atom is 0.171 e. The number of methoxy groups -OCH3 is 1. The average molecular weight is 403 g/mol. The summed E-state index contributed by atoms with van der Waals surface area (Å²) in [5, 5.41) is 23.3. The number of hydrogen-bond acceptors (Lipinski definition) is 5. The number of ether oxygens (including phenoxy) is 3. The van der Waals surface area contributed by atoms with E-state index in [1.807, 2.05) is 6.92 Å². The summed E-state index contributed by atoms with van der Waals surface area (Å²) in [5.74, 6) is 6.13. The molecule has 0 unspecified atom stereocenters. The van der Waals surface area contributed by atoms with Gasteiger partial charge >= 0.3 is 0 Å². The van der Waals surface area contributed by atoms with Crippen LogP contribution in [0.3, 0.4) is 0 Å². The number of aliphatic hydroxyl groups is 2. The zero-order chi connectivity index (χ0) is 20.5. The molecule has 4 aliphatic carbocycles. The molecule has 0 bridgehead atoms. The van der Waals surface area contributed by atoms with E-state index < -0.39 is 22.6 Å². The normalized spacial score (nSPS) is 50.2. The fourth-order valence-corrected chi connectivity index (χ4v) is 7.69. The smallest absolute Gasteiger partial charge is 0.171 e. The molecule has 0 amide bonds. The Morgan fingerprint density at radius 3 is 2.55 bits per heavy atom. The molecule has 3 saturated carbocycles. The van der Waals surface area contributed by atoms with Crippen molar-refractivity contribution in [3.63, 3.8) is 0 Å². The third kappa shape index (κ3) is 2.41.